The van der Waals surface area contributed by atoms with Crippen molar-refractivity contribution in [2.75, 3.05) is 24.5 Å². The molecular weight excluding hydrogens is 488 g/mol. The van der Waals surface area contributed by atoms with Gasteiger partial charge in [-0.25, -0.2) is 4.79 Å². The van der Waals surface area contributed by atoms with Crippen LogP contribution in [0, 0.1) is 5.92 Å². The fourth-order valence-corrected chi connectivity index (χ4v) is 8.03. The Balaban J connectivity index is 1.23. The zero-order valence-corrected chi connectivity index (χ0v) is 21.8. The number of anilines is 1. The molecule has 37 heavy (non-hydrogen) atoms. The summed E-state index contributed by atoms with van der Waals surface area (Å²) in [5.74, 6) is 0.194. The summed E-state index contributed by atoms with van der Waals surface area (Å²) in [4.78, 5) is 47.9. The lowest BCUT2D eigenvalue weighted by molar-refractivity contribution is -0.128. The van der Waals surface area contributed by atoms with Crippen molar-refractivity contribution in [1.82, 2.24) is 25.8 Å². The molecule has 0 bridgehead atoms. The maximum Gasteiger partial charge on any atom is 0.326 e. The molecule has 0 radical (unpaired) electrons. The van der Waals surface area contributed by atoms with Gasteiger partial charge < -0.3 is 20.9 Å². The van der Waals surface area contributed by atoms with Gasteiger partial charge in [-0.2, -0.15) is 0 Å². The normalized spacial score (nSPS) is 29.7. The number of amides is 4. The summed E-state index contributed by atoms with van der Waals surface area (Å²) in [6.07, 6.45) is 10.4. The number of urea groups is 1. The second-order valence-electron chi connectivity index (χ2n) is 10.6. The van der Waals surface area contributed by atoms with Crippen molar-refractivity contribution in [2.45, 2.75) is 68.3 Å². The molecule has 196 valence electrons. The molecule has 3 N–H and O–H groups in total. The van der Waals surface area contributed by atoms with Crippen LogP contribution in [0.3, 0.4) is 0 Å². The van der Waals surface area contributed by atoms with E-state index in [4.69, 9.17) is 0 Å². The van der Waals surface area contributed by atoms with E-state index in [2.05, 4.69) is 33.6 Å². The minimum Gasteiger partial charge on any atom is -0.347 e. The SMILES string of the molecule is C=CC(=O)N1CCC[C@@H](NC(=O)C2=C3NC(=O)N(c4ccnc(C5CCCC5)c4)C4CCNC(S2)C34)C1. The van der Waals surface area contributed by atoms with Crippen molar-refractivity contribution in [3.63, 3.8) is 0 Å². The Hall–Kier alpha value is -2.85. The maximum atomic E-state index is 13.5. The quantitative estimate of drug-likeness (QED) is 0.514. The van der Waals surface area contributed by atoms with Gasteiger partial charge in [-0.1, -0.05) is 31.2 Å². The highest BCUT2D eigenvalue weighted by Crippen LogP contribution is 2.48. The van der Waals surface area contributed by atoms with Crippen LogP contribution in [0.15, 0.2) is 41.6 Å². The van der Waals surface area contributed by atoms with Crippen LogP contribution in [0.25, 0.3) is 0 Å². The first kappa shape index (κ1) is 24.5. The third-order valence-corrected chi connectivity index (χ3v) is 9.76. The average molecular weight is 523 g/mol. The van der Waals surface area contributed by atoms with Crippen LogP contribution in [0.5, 0.6) is 0 Å². The number of carbonyl (C=O) groups excluding carboxylic acids is 3. The zero-order chi connectivity index (χ0) is 25.5. The predicted octanol–water partition coefficient (Wildman–Crippen LogP) is 2.82. The van der Waals surface area contributed by atoms with E-state index >= 15 is 0 Å². The molecule has 9 nitrogen and oxygen atoms in total. The van der Waals surface area contributed by atoms with E-state index in [-0.39, 0.29) is 41.2 Å². The number of likely N-dealkylation sites (tertiary alicyclic amines) is 1. The molecule has 4 atom stereocenters. The number of carbonyl (C=O) groups is 3. The molecule has 1 aromatic rings. The summed E-state index contributed by atoms with van der Waals surface area (Å²) < 4.78 is 0. The smallest absolute Gasteiger partial charge is 0.326 e. The van der Waals surface area contributed by atoms with E-state index in [1.165, 1.54) is 30.7 Å². The highest BCUT2D eigenvalue weighted by atomic mass is 32.2. The van der Waals surface area contributed by atoms with Crippen LogP contribution in [-0.4, -0.2) is 64.8 Å². The summed E-state index contributed by atoms with van der Waals surface area (Å²) in [5.41, 5.74) is 2.69. The lowest BCUT2D eigenvalue weighted by Crippen LogP contribution is -2.62. The molecule has 1 aliphatic carbocycles. The third kappa shape index (κ3) is 4.54. The zero-order valence-electron chi connectivity index (χ0n) is 20.9. The number of hydrogen-bond donors (Lipinski definition) is 3. The number of rotatable bonds is 5. The van der Waals surface area contributed by atoms with Crippen molar-refractivity contribution < 1.29 is 14.4 Å². The van der Waals surface area contributed by atoms with E-state index in [1.807, 2.05) is 17.2 Å². The monoisotopic (exact) mass is 522 g/mol. The summed E-state index contributed by atoms with van der Waals surface area (Å²) >= 11 is 1.51. The van der Waals surface area contributed by atoms with Gasteiger partial charge in [0.05, 0.1) is 16.3 Å². The first-order valence-electron chi connectivity index (χ1n) is 13.5. The second-order valence-corrected chi connectivity index (χ2v) is 11.8. The van der Waals surface area contributed by atoms with Crippen molar-refractivity contribution >= 4 is 35.3 Å². The van der Waals surface area contributed by atoms with E-state index in [9.17, 15) is 14.4 Å². The number of thioether (sulfide) groups is 1. The van der Waals surface area contributed by atoms with Gasteiger partial charge in [-0.05, 0) is 56.9 Å². The molecule has 0 aromatic carbocycles. The Labute approximate surface area is 221 Å². The van der Waals surface area contributed by atoms with Gasteiger partial charge in [0.15, 0.2) is 0 Å². The second kappa shape index (κ2) is 10.1. The molecule has 4 aliphatic heterocycles. The van der Waals surface area contributed by atoms with Crippen molar-refractivity contribution in [3.8, 4) is 0 Å². The molecule has 4 fully saturated rings. The van der Waals surface area contributed by atoms with Crippen molar-refractivity contribution in [3.05, 3.63) is 47.3 Å². The van der Waals surface area contributed by atoms with Gasteiger partial charge in [-0.15, -0.1) is 0 Å². The fraction of sp³-hybridized carbons (Fsp3) is 0.556. The average Bonchev–Trinajstić information content (AvgIpc) is 3.58. The Bertz CT molecular complexity index is 1150. The topological polar surface area (TPSA) is 107 Å². The molecule has 3 unspecified atom stereocenters. The predicted molar refractivity (Wildman–Crippen MR) is 143 cm³/mol. The summed E-state index contributed by atoms with van der Waals surface area (Å²) in [5, 5.41) is 9.81. The fourth-order valence-electron chi connectivity index (χ4n) is 6.63. The highest BCUT2D eigenvalue weighted by Gasteiger charge is 2.52. The van der Waals surface area contributed by atoms with E-state index in [1.54, 1.807) is 4.90 Å². The van der Waals surface area contributed by atoms with Gasteiger partial charge in [0.25, 0.3) is 5.91 Å². The highest BCUT2D eigenvalue weighted by molar-refractivity contribution is 8.04. The molecular formula is C27H34N6O3S. The summed E-state index contributed by atoms with van der Waals surface area (Å²) in [6, 6.07) is 3.69. The molecule has 5 aliphatic rings. The van der Waals surface area contributed by atoms with Crippen LogP contribution in [0.4, 0.5) is 10.5 Å². The molecule has 0 spiro atoms. The van der Waals surface area contributed by atoms with Gasteiger partial charge in [0.2, 0.25) is 5.91 Å². The van der Waals surface area contributed by atoms with E-state index in [0.29, 0.717) is 23.9 Å². The Kier molecular flexibility index (Phi) is 6.71. The molecule has 5 heterocycles. The molecule has 6 rings (SSSR count). The Morgan fingerprint density at radius 3 is 2.84 bits per heavy atom. The molecule has 1 aromatic heterocycles. The van der Waals surface area contributed by atoms with Crippen LogP contribution < -0.4 is 20.9 Å². The summed E-state index contributed by atoms with van der Waals surface area (Å²) in [6.45, 7) is 5.52. The number of pyridine rings is 1. The third-order valence-electron chi connectivity index (χ3n) is 8.41. The Morgan fingerprint density at radius 1 is 1.19 bits per heavy atom. The van der Waals surface area contributed by atoms with E-state index in [0.717, 1.165) is 55.7 Å². The number of hydrogen-bond acceptors (Lipinski definition) is 6. The van der Waals surface area contributed by atoms with Crippen LogP contribution in [0.1, 0.15) is 56.6 Å². The number of piperidine rings is 2. The lowest BCUT2D eigenvalue weighted by atomic mass is 9.86. The number of nitrogens with zero attached hydrogens (tertiary/aromatic N) is 3. The van der Waals surface area contributed by atoms with E-state index < -0.39 is 0 Å². The minimum absolute atomic E-state index is 0.00509. The molecule has 3 saturated heterocycles. The van der Waals surface area contributed by atoms with Gasteiger partial charge >= 0.3 is 6.03 Å². The van der Waals surface area contributed by atoms with Crippen molar-refractivity contribution in [2.24, 2.45) is 5.92 Å². The Morgan fingerprint density at radius 2 is 2.03 bits per heavy atom. The molecule has 1 saturated carbocycles. The van der Waals surface area contributed by atoms with Crippen LogP contribution in [-0.2, 0) is 9.59 Å². The van der Waals surface area contributed by atoms with Crippen LogP contribution >= 0.6 is 11.8 Å². The largest absolute Gasteiger partial charge is 0.347 e. The summed E-state index contributed by atoms with van der Waals surface area (Å²) in [7, 11) is 0. The number of nitrogens with one attached hydrogen (secondary N) is 3. The molecule has 4 amide bonds. The van der Waals surface area contributed by atoms with Gasteiger partial charge in [-0.3, -0.25) is 19.5 Å². The first-order chi connectivity index (χ1) is 18.0. The standard InChI is InChI=1S/C27H34N6O3S/c1-2-21(34)32-13-5-8-17(15-32)30-25(35)24-23-22-20(10-12-29-26(22)37-24)33(27(36)31-23)18-9-11-28-19(14-18)16-6-3-4-7-16/h2,9,11,14,16-17,20,22,26,29H,1,3-8,10,12-13,15H2,(H,30,35)(H,31,36)/t17-,20?,22?,26?/m1/s1. The van der Waals surface area contributed by atoms with Crippen LogP contribution in [0.2, 0.25) is 0 Å². The number of aromatic nitrogens is 1. The minimum atomic E-state index is -0.186. The van der Waals surface area contributed by atoms with Crippen molar-refractivity contribution in [1.29, 1.82) is 0 Å². The lowest BCUT2D eigenvalue weighted by Gasteiger charge is -2.45. The molecule has 10 heteroatoms. The maximum absolute atomic E-state index is 13.5. The first-order valence-corrected chi connectivity index (χ1v) is 14.3. The van der Waals surface area contributed by atoms with Gasteiger partial charge in [0, 0.05) is 54.2 Å². The van der Waals surface area contributed by atoms with Gasteiger partial charge in [0.1, 0.15) is 0 Å².